The normalized spacial score (nSPS) is 17.8. The highest BCUT2D eigenvalue weighted by atomic mass is 35.5. The number of anilines is 2. The summed E-state index contributed by atoms with van der Waals surface area (Å²) in [5.41, 5.74) is 2.83. The molecule has 0 saturated carbocycles. The van der Waals surface area contributed by atoms with Gasteiger partial charge in [-0.1, -0.05) is 65.8 Å². The zero-order valence-corrected chi connectivity index (χ0v) is 19.1. The van der Waals surface area contributed by atoms with Gasteiger partial charge in [-0.3, -0.25) is 0 Å². The number of fused-ring (bicyclic) bond motifs is 2. The molecule has 0 amide bonds. The van der Waals surface area contributed by atoms with Gasteiger partial charge >= 0.3 is 0 Å². The van der Waals surface area contributed by atoms with Gasteiger partial charge in [0, 0.05) is 34.4 Å². The van der Waals surface area contributed by atoms with Crippen molar-refractivity contribution >= 4 is 34.7 Å². The van der Waals surface area contributed by atoms with Gasteiger partial charge < -0.3 is 14.9 Å². The van der Waals surface area contributed by atoms with E-state index in [-0.39, 0.29) is 0 Å². The first-order valence-corrected chi connectivity index (χ1v) is 12.2. The van der Waals surface area contributed by atoms with Gasteiger partial charge in [-0.05, 0) is 61.7 Å². The Morgan fingerprint density at radius 2 is 1.55 bits per heavy atom. The van der Waals surface area contributed by atoms with E-state index in [2.05, 4.69) is 46.2 Å². The van der Waals surface area contributed by atoms with Crippen LogP contribution in [0.4, 0.5) is 11.4 Å². The smallest absolute Gasteiger partial charge is 0.0920 e. The van der Waals surface area contributed by atoms with E-state index in [1.807, 2.05) is 48.2 Å². The molecule has 3 nitrogen and oxygen atoms in total. The number of para-hydroxylation sites is 1. The van der Waals surface area contributed by atoms with E-state index in [1.165, 1.54) is 21.2 Å². The summed E-state index contributed by atoms with van der Waals surface area (Å²) in [4.78, 5) is 7.45. The molecule has 5 rings (SSSR count). The van der Waals surface area contributed by atoms with Crippen molar-refractivity contribution in [1.29, 1.82) is 0 Å². The summed E-state index contributed by atoms with van der Waals surface area (Å²) in [6, 6.07) is 24.9. The van der Waals surface area contributed by atoms with Crippen LogP contribution in [0.5, 0.6) is 0 Å². The summed E-state index contributed by atoms with van der Waals surface area (Å²) < 4.78 is 0. The Morgan fingerprint density at radius 1 is 0.839 bits per heavy atom. The molecule has 0 aliphatic carbocycles. The summed E-state index contributed by atoms with van der Waals surface area (Å²) in [6.07, 6.45) is 2.64. The van der Waals surface area contributed by atoms with Gasteiger partial charge in [-0.15, -0.1) is 0 Å². The van der Waals surface area contributed by atoms with E-state index in [9.17, 15) is 5.11 Å². The molecule has 0 radical (unpaired) electrons. The van der Waals surface area contributed by atoms with E-state index in [0.29, 0.717) is 0 Å². The van der Waals surface area contributed by atoms with Gasteiger partial charge in [0.25, 0.3) is 0 Å². The van der Waals surface area contributed by atoms with Crippen molar-refractivity contribution in [3.05, 3.63) is 83.4 Å². The van der Waals surface area contributed by atoms with Crippen LogP contribution in [0.3, 0.4) is 0 Å². The number of nitrogens with zero attached hydrogens (tertiary/aromatic N) is 2. The first-order chi connectivity index (χ1) is 15.1. The molecule has 2 aliphatic rings. The maximum absolute atomic E-state index is 11.1. The molecule has 3 aromatic carbocycles. The predicted octanol–water partition coefficient (Wildman–Crippen LogP) is 6.32. The number of halogens is 1. The molecule has 5 heteroatoms. The standard InChI is InChI=1S/C26H27ClN2OS/c27-21-11-12-25-23(19-21)29(22-9-4-5-10-24(22)31-25)16-6-15-28-17-13-26(30,14-18-28)20-7-2-1-3-8-20/h1-5,7-12,19,30H,6,13-18H2. The van der Waals surface area contributed by atoms with E-state index >= 15 is 0 Å². The van der Waals surface area contributed by atoms with Gasteiger partial charge in [-0.25, -0.2) is 0 Å². The SMILES string of the molecule is OC1(c2ccccc2)CCN(CCCN2c3ccccc3Sc3ccc(Cl)cc32)CC1. The Balaban J connectivity index is 1.23. The third-order valence-corrected chi connectivity index (χ3v) is 7.80. The van der Waals surface area contributed by atoms with E-state index in [4.69, 9.17) is 11.6 Å². The Kier molecular flexibility index (Phi) is 5.98. The van der Waals surface area contributed by atoms with Crippen molar-refractivity contribution in [1.82, 2.24) is 4.90 Å². The van der Waals surface area contributed by atoms with Crippen LogP contribution in [-0.4, -0.2) is 36.2 Å². The molecule has 3 aromatic rings. The number of rotatable bonds is 5. The lowest BCUT2D eigenvalue weighted by Crippen LogP contribution is -2.43. The molecular formula is C26H27ClN2OS. The molecule has 0 atom stereocenters. The number of piperidine rings is 1. The van der Waals surface area contributed by atoms with Gasteiger partial charge in [0.1, 0.15) is 0 Å². The van der Waals surface area contributed by atoms with Gasteiger partial charge in [0.05, 0.1) is 17.0 Å². The molecule has 1 fully saturated rings. The summed E-state index contributed by atoms with van der Waals surface area (Å²) >= 11 is 8.15. The minimum Gasteiger partial charge on any atom is -0.385 e. The lowest BCUT2D eigenvalue weighted by atomic mass is 9.84. The van der Waals surface area contributed by atoms with Gasteiger partial charge in [0.2, 0.25) is 0 Å². The van der Waals surface area contributed by atoms with Crippen LogP contribution in [0.15, 0.2) is 82.6 Å². The minimum atomic E-state index is -0.684. The minimum absolute atomic E-state index is 0.684. The molecule has 0 aromatic heterocycles. The zero-order valence-electron chi connectivity index (χ0n) is 17.5. The molecule has 160 valence electrons. The lowest BCUT2D eigenvalue weighted by Gasteiger charge is -2.39. The fourth-order valence-corrected chi connectivity index (χ4v) is 5.92. The number of likely N-dealkylation sites (tertiary alicyclic amines) is 1. The first-order valence-electron chi connectivity index (χ1n) is 11.0. The van der Waals surface area contributed by atoms with Crippen molar-refractivity contribution in [2.24, 2.45) is 0 Å². The van der Waals surface area contributed by atoms with E-state index in [0.717, 1.165) is 56.0 Å². The monoisotopic (exact) mass is 450 g/mol. The summed E-state index contributed by atoms with van der Waals surface area (Å²) in [5.74, 6) is 0. The van der Waals surface area contributed by atoms with Crippen molar-refractivity contribution in [3.8, 4) is 0 Å². The summed E-state index contributed by atoms with van der Waals surface area (Å²) in [7, 11) is 0. The van der Waals surface area contributed by atoms with E-state index in [1.54, 1.807) is 0 Å². The third kappa shape index (κ3) is 4.35. The number of hydrogen-bond donors (Lipinski definition) is 1. The number of aliphatic hydroxyl groups is 1. The van der Waals surface area contributed by atoms with E-state index < -0.39 is 5.60 Å². The third-order valence-electron chi connectivity index (χ3n) is 6.44. The van der Waals surface area contributed by atoms with Crippen LogP contribution in [0.1, 0.15) is 24.8 Å². The molecule has 31 heavy (non-hydrogen) atoms. The molecule has 1 N–H and O–H groups in total. The Morgan fingerprint density at radius 3 is 2.35 bits per heavy atom. The largest absolute Gasteiger partial charge is 0.385 e. The highest BCUT2D eigenvalue weighted by Gasteiger charge is 2.33. The second kappa shape index (κ2) is 8.87. The quantitative estimate of drug-likeness (QED) is 0.492. The predicted molar refractivity (Wildman–Crippen MR) is 130 cm³/mol. The highest BCUT2D eigenvalue weighted by Crippen LogP contribution is 2.48. The van der Waals surface area contributed by atoms with Crippen LogP contribution in [0, 0.1) is 0 Å². The van der Waals surface area contributed by atoms with Crippen LogP contribution < -0.4 is 4.90 Å². The van der Waals surface area contributed by atoms with Crippen LogP contribution in [0.25, 0.3) is 0 Å². The fraction of sp³-hybridized carbons (Fsp3) is 0.308. The highest BCUT2D eigenvalue weighted by molar-refractivity contribution is 7.99. The average molecular weight is 451 g/mol. The van der Waals surface area contributed by atoms with Crippen LogP contribution in [-0.2, 0) is 5.60 Å². The Bertz CT molecular complexity index is 1050. The first kappa shape index (κ1) is 20.9. The molecule has 0 bridgehead atoms. The summed E-state index contributed by atoms with van der Waals surface area (Å²) in [5, 5.41) is 11.9. The topological polar surface area (TPSA) is 26.7 Å². The molecule has 2 heterocycles. The Hall–Kier alpha value is -1.98. The molecule has 0 unspecified atom stereocenters. The number of benzene rings is 3. The fourth-order valence-electron chi connectivity index (χ4n) is 4.68. The van der Waals surface area contributed by atoms with Crippen molar-refractivity contribution in [3.63, 3.8) is 0 Å². The zero-order chi connectivity index (χ0) is 21.3. The second-order valence-corrected chi connectivity index (χ2v) is 9.95. The molecule has 1 saturated heterocycles. The van der Waals surface area contributed by atoms with Crippen molar-refractivity contribution < 1.29 is 5.11 Å². The lowest BCUT2D eigenvalue weighted by molar-refractivity contribution is -0.0258. The van der Waals surface area contributed by atoms with Gasteiger partial charge in [0.15, 0.2) is 0 Å². The number of hydrogen-bond acceptors (Lipinski definition) is 4. The van der Waals surface area contributed by atoms with Crippen LogP contribution >= 0.6 is 23.4 Å². The average Bonchev–Trinajstić information content (AvgIpc) is 2.81. The second-order valence-electron chi connectivity index (χ2n) is 8.43. The Labute approximate surface area is 193 Å². The molecule has 0 spiro atoms. The van der Waals surface area contributed by atoms with Crippen LogP contribution in [0.2, 0.25) is 5.02 Å². The molecule has 2 aliphatic heterocycles. The van der Waals surface area contributed by atoms with Crippen molar-refractivity contribution in [2.45, 2.75) is 34.7 Å². The maximum Gasteiger partial charge on any atom is 0.0920 e. The maximum atomic E-state index is 11.1. The summed E-state index contributed by atoms with van der Waals surface area (Å²) in [6.45, 7) is 3.84. The van der Waals surface area contributed by atoms with Crippen molar-refractivity contribution in [2.75, 3.05) is 31.1 Å². The van der Waals surface area contributed by atoms with Gasteiger partial charge in [-0.2, -0.15) is 0 Å². The molecular weight excluding hydrogens is 424 g/mol.